The molecule has 0 aliphatic carbocycles. The van der Waals surface area contributed by atoms with E-state index >= 15 is 0 Å². The first kappa shape index (κ1) is 23.7. The smallest absolute Gasteiger partial charge is 0.274 e. The Bertz CT molecular complexity index is 1230. The molecule has 3 aromatic heterocycles. The van der Waals surface area contributed by atoms with E-state index in [4.69, 9.17) is 0 Å². The summed E-state index contributed by atoms with van der Waals surface area (Å²) >= 11 is 0. The van der Waals surface area contributed by atoms with Crippen molar-refractivity contribution in [2.75, 3.05) is 43.9 Å². The summed E-state index contributed by atoms with van der Waals surface area (Å²) in [7, 11) is 1.75. The zero-order valence-electron chi connectivity index (χ0n) is 19.8. The van der Waals surface area contributed by atoms with Gasteiger partial charge in [0.2, 0.25) is 0 Å². The molecule has 1 amide bonds. The number of anilines is 3. The minimum absolute atomic E-state index is 0.0514. The second kappa shape index (κ2) is 9.82. The molecule has 0 saturated carbocycles. The first-order valence-corrected chi connectivity index (χ1v) is 11.5. The fraction of sp³-hybridized carbons (Fsp3) is 0.478. The van der Waals surface area contributed by atoms with Gasteiger partial charge in [0.05, 0.1) is 6.20 Å². The molecular formula is C23H32N8O3. The number of nitrogens with zero attached hydrogens (tertiary/aromatic N) is 4. The second-order valence-corrected chi connectivity index (χ2v) is 9.32. The molecule has 1 fully saturated rings. The third-order valence-corrected chi connectivity index (χ3v) is 6.07. The first-order valence-electron chi connectivity index (χ1n) is 11.5. The van der Waals surface area contributed by atoms with Gasteiger partial charge in [-0.05, 0) is 38.1 Å². The van der Waals surface area contributed by atoms with Crippen molar-refractivity contribution in [2.24, 2.45) is 5.41 Å². The van der Waals surface area contributed by atoms with Crippen LogP contribution in [0.15, 0.2) is 35.4 Å². The van der Waals surface area contributed by atoms with Crippen LogP contribution in [0.4, 0.5) is 17.3 Å². The van der Waals surface area contributed by atoms with Gasteiger partial charge in [0.25, 0.3) is 11.5 Å². The van der Waals surface area contributed by atoms with Crippen LogP contribution in [0.1, 0.15) is 43.1 Å². The molecule has 4 heterocycles. The number of hydrogen-bond acceptors (Lipinski definition) is 8. The molecule has 1 aliphatic rings. The van der Waals surface area contributed by atoms with Gasteiger partial charge in [0.1, 0.15) is 22.9 Å². The maximum absolute atomic E-state index is 13.2. The third kappa shape index (κ3) is 4.90. The zero-order valence-corrected chi connectivity index (χ0v) is 19.8. The summed E-state index contributed by atoms with van der Waals surface area (Å²) in [5.41, 5.74) is 0.503. The van der Waals surface area contributed by atoms with Crippen molar-refractivity contribution in [1.82, 2.24) is 29.8 Å². The fourth-order valence-electron chi connectivity index (χ4n) is 3.95. The molecule has 11 nitrogen and oxygen atoms in total. The normalized spacial score (nSPS) is 14.8. The number of carbonyl (C=O) groups excluding carboxylic acids is 1. The molecule has 4 rings (SSSR count). The average Bonchev–Trinajstić information content (AvgIpc) is 3.28. The van der Waals surface area contributed by atoms with E-state index in [0.29, 0.717) is 35.1 Å². The van der Waals surface area contributed by atoms with Crippen LogP contribution in [0.25, 0.3) is 5.65 Å². The lowest BCUT2D eigenvalue weighted by molar-refractivity contribution is 0.0912. The van der Waals surface area contributed by atoms with Crippen LogP contribution < -0.4 is 26.8 Å². The van der Waals surface area contributed by atoms with Gasteiger partial charge < -0.3 is 30.9 Å². The van der Waals surface area contributed by atoms with Crippen LogP contribution in [0.5, 0.6) is 0 Å². The maximum Gasteiger partial charge on any atom is 0.274 e. The Kier molecular flexibility index (Phi) is 6.85. The Hall–Kier alpha value is -3.44. The van der Waals surface area contributed by atoms with Gasteiger partial charge in [-0.15, -0.1) is 0 Å². The number of fused-ring (bicyclic) bond motifs is 1. The second-order valence-electron chi connectivity index (χ2n) is 9.32. The number of aromatic nitrogens is 4. The molecule has 0 aromatic carbocycles. The number of aliphatic hydroxyl groups excluding tert-OH is 1. The van der Waals surface area contributed by atoms with Crippen LogP contribution in [-0.2, 0) is 0 Å². The highest BCUT2D eigenvalue weighted by Gasteiger charge is 2.22. The minimum Gasteiger partial charge on any atom is -0.396 e. The standard InChI is InChI=1S/C23H32N8O3/c1-23(2,14-32)13-26-21(33)16-12-27-31-19(24-3)11-18(29-20(16)31)28-17-5-4-10-30(22(17)34)15-6-8-25-9-7-15/h4-5,10-12,15,24-25,32H,6-9,13-14H2,1-3H3,(H,26,33)(H,28,29). The molecular weight excluding hydrogens is 436 g/mol. The lowest BCUT2D eigenvalue weighted by Gasteiger charge is -2.25. The SMILES string of the molecule is CNc1cc(Nc2cccn(C3CCNCC3)c2=O)nc2c(C(=O)NCC(C)(C)CO)cnn12. The Morgan fingerprint density at radius 3 is 2.79 bits per heavy atom. The lowest BCUT2D eigenvalue weighted by Crippen LogP contribution is -2.36. The molecule has 0 spiro atoms. The molecule has 0 radical (unpaired) electrons. The van der Waals surface area contributed by atoms with E-state index < -0.39 is 5.41 Å². The van der Waals surface area contributed by atoms with Gasteiger partial charge in [0, 0.05) is 43.9 Å². The van der Waals surface area contributed by atoms with Crippen molar-refractivity contribution in [3.8, 4) is 0 Å². The Labute approximate surface area is 197 Å². The molecule has 1 saturated heterocycles. The van der Waals surface area contributed by atoms with Gasteiger partial charge in [-0.2, -0.15) is 9.61 Å². The van der Waals surface area contributed by atoms with Crippen molar-refractivity contribution >= 4 is 28.9 Å². The largest absolute Gasteiger partial charge is 0.396 e. The number of pyridine rings is 1. The van der Waals surface area contributed by atoms with E-state index in [1.165, 1.54) is 10.7 Å². The van der Waals surface area contributed by atoms with Crippen LogP contribution in [0.2, 0.25) is 0 Å². The van der Waals surface area contributed by atoms with E-state index in [-0.39, 0.29) is 24.1 Å². The fourth-order valence-corrected chi connectivity index (χ4v) is 3.95. The van der Waals surface area contributed by atoms with Crippen LogP contribution in [0.3, 0.4) is 0 Å². The quantitative estimate of drug-likeness (QED) is 0.334. The van der Waals surface area contributed by atoms with E-state index in [1.807, 2.05) is 26.1 Å². The Morgan fingerprint density at radius 2 is 2.09 bits per heavy atom. The first-order chi connectivity index (χ1) is 16.3. The third-order valence-electron chi connectivity index (χ3n) is 6.07. The van der Waals surface area contributed by atoms with E-state index in [0.717, 1.165) is 25.9 Å². The molecule has 34 heavy (non-hydrogen) atoms. The van der Waals surface area contributed by atoms with Gasteiger partial charge in [-0.25, -0.2) is 4.98 Å². The van der Waals surface area contributed by atoms with Gasteiger partial charge >= 0.3 is 0 Å². The van der Waals surface area contributed by atoms with Crippen LogP contribution >= 0.6 is 0 Å². The average molecular weight is 469 g/mol. The number of carbonyl (C=O) groups is 1. The van der Waals surface area contributed by atoms with Crippen molar-refractivity contribution in [1.29, 1.82) is 0 Å². The molecule has 3 aromatic rings. The van der Waals surface area contributed by atoms with Crippen LogP contribution in [0, 0.1) is 5.41 Å². The summed E-state index contributed by atoms with van der Waals surface area (Å²) in [6.45, 7) is 5.75. The summed E-state index contributed by atoms with van der Waals surface area (Å²) in [6.07, 6.45) is 5.09. The summed E-state index contributed by atoms with van der Waals surface area (Å²) in [4.78, 5) is 30.6. The highest BCUT2D eigenvalue weighted by molar-refractivity contribution is 6.00. The monoisotopic (exact) mass is 468 g/mol. The maximum atomic E-state index is 13.2. The highest BCUT2D eigenvalue weighted by atomic mass is 16.3. The van der Waals surface area contributed by atoms with Gasteiger partial charge in [0.15, 0.2) is 5.65 Å². The number of amides is 1. The van der Waals surface area contributed by atoms with E-state index in [1.54, 1.807) is 23.7 Å². The number of aliphatic hydroxyl groups is 1. The van der Waals surface area contributed by atoms with Crippen molar-refractivity contribution < 1.29 is 9.90 Å². The summed E-state index contributed by atoms with van der Waals surface area (Å²) in [5.74, 6) is 0.690. The predicted molar refractivity (Wildman–Crippen MR) is 131 cm³/mol. The summed E-state index contributed by atoms with van der Waals surface area (Å²) in [6, 6.07) is 5.47. The zero-order chi connectivity index (χ0) is 24.3. The summed E-state index contributed by atoms with van der Waals surface area (Å²) in [5, 5.41) is 26.1. The van der Waals surface area contributed by atoms with Crippen molar-refractivity contribution in [2.45, 2.75) is 32.7 Å². The number of hydrogen-bond donors (Lipinski definition) is 5. The summed E-state index contributed by atoms with van der Waals surface area (Å²) < 4.78 is 3.32. The lowest BCUT2D eigenvalue weighted by atomic mass is 9.95. The molecule has 1 aliphatic heterocycles. The number of nitrogens with one attached hydrogen (secondary N) is 4. The number of piperidine rings is 1. The molecule has 0 unspecified atom stereocenters. The Morgan fingerprint density at radius 1 is 1.32 bits per heavy atom. The van der Waals surface area contributed by atoms with E-state index in [2.05, 4.69) is 31.3 Å². The van der Waals surface area contributed by atoms with Gasteiger partial charge in [-0.1, -0.05) is 13.8 Å². The minimum atomic E-state index is -0.448. The number of rotatable bonds is 8. The van der Waals surface area contributed by atoms with E-state index in [9.17, 15) is 14.7 Å². The van der Waals surface area contributed by atoms with Crippen molar-refractivity contribution in [3.63, 3.8) is 0 Å². The molecule has 5 N–H and O–H groups in total. The van der Waals surface area contributed by atoms with Crippen LogP contribution in [-0.4, -0.2) is 63.5 Å². The topological polar surface area (TPSA) is 138 Å². The highest BCUT2D eigenvalue weighted by Crippen LogP contribution is 2.22. The predicted octanol–water partition coefficient (Wildman–Crippen LogP) is 1.35. The molecule has 0 bridgehead atoms. The van der Waals surface area contributed by atoms with Gasteiger partial charge in [-0.3, -0.25) is 9.59 Å². The Balaban J connectivity index is 1.64. The molecule has 0 atom stereocenters. The van der Waals surface area contributed by atoms with Crippen molar-refractivity contribution in [3.05, 3.63) is 46.5 Å². The molecule has 11 heteroatoms. The molecule has 182 valence electrons.